The van der Waals surface area contributed by atoms with E-state index in [-0.39, 0.29) is 0 Å². The van der Waals surface area contributed by atoms with Crippen molar-refractivity contribution in [1.82, 2.24) is 0 Å². The van der Waals surface area contributed by atoms with E-state index in [2.05, 4.69) is 0 Å². The Hall–Kier alpha value is 0.148. The summed E-state index contributed by atoms with van der Waals surface area (Å²) in [5.41, 5.74) is 0. The van der Waals surface area contributed by atoms with E-state index < -0.39 is 17.0 Å². The van der Waals surface area contributed by atoms with Gasteiger partial charge in [-0.1, -0.05) is 0 Å². The molecular formula is F2O2W. The van der Waals surface area contributed by atoms with Gasteiger partial charge in [0.2, 0.25) is 0 Å². The van der Waals surface area contributed by atoms with E-state index in [0.717, 1.165) is 0 Å². The van der Waals surface area contributed by atoms with Gasteiger partial charge >= 0.3 is 30.1 Å². The maximum atomic E-state index is 10.1. The van der Waals surface area contributed by atoms with Crippen molar-refractivity contribution < 1.29 is 30.1 Å². The zero-order chi connectivity index (χ0) is 4.50. The van der Waals surface area contributed by atoms with Crippen LogP contribution in [0, 0.1) is 0 Å². The minimum atomic E-state index is -6.67. The second-order valence-corrected chi connectivity index (χ2v) is 3.10. The van der Waals surface area contributed by atoms with Crippen LogP contribution in [0.25, 0.3) is 0 Å². The summed E-state index contributed by atoms with van der Waals surface area (Å²) in [6, 6.07) is 0. The van der Waals surface area contributed by atoms with E-state index in [9.17, 15) is 6.32 Å². The third kappa shape index (κ3) is 870. The second-order valence-electron chi connectivity index (χ2n) is 0.378. The van der Waals surface area contributed by atoms with Crippen molar-refractivity contribution in [2.75, 3.05) is 0 Å². The minimum absolute atomic E-state index is 6.67. The molecular weight excluding hydrogens is 254 g/mol. The van der Waals surface area contributed by atoms with Crippen LogP contribution < -0.4 is 0 Å². The van der Waals surface area contributed by atoms with Gasteiger partial charge in [0, 0.05) is 0 Å². The van der Waals surface area contributed by atoms with Crippen molar-refractivity contribution in [2.45, 2.75) is 0 Å². The summed E-state index contributed by atoms with van der Waals surface area (Å²) in [6.45, 7) is 0. The molecule has 5 heavy (non-hydrogen) atoms. The van der Waals surface area contributed by atoms with Gasteiger partial charge in [-0.2, -0.15) is 0 Å². The van der Waals surface area contributed by atoms with Gasteiger partial charge in [-0.3, -0.25) is 0 Å². The standard InChI is InChI=1S/2FH.2O.W/h2*1H;;;/q;;;;+2/p-2. The molecule has 5 heteroatoms. The summed E-state index contributed by atoms with van der Waals surface area (Å²) in [5, 5.41) is 0. The third-order valence-electron chi connectivity index (χ3n) is 0. The van der Waals surface area contributed by atoms with Gasteiger partial charge < -0.3 is 0 Å². The molecule has 0 aliphatic rings. The Bertz CT molecular complexity index is 90.8. The molecule has 0 aliphatic carbocycles. The Morgan fingerprint density at radius 1 is 1.20 bits per heavy atom. The number of hydrogen-bond donors (Lipinski definition) is 0. The summed E-state index contributed by atoms with van der Waals surface area (Å²) in [4.78, 5) is 0. The van der Waals surface area contributed by atoms with E-state index in [1.54, 1.807) is 0 Å². The summed E-state index contributed by atoms with van der Waals surface area (Å²) < 4.78 is 37.1. The van der Waals surface area contributed by atoms with Gasteiger partial charge in [0.1, 0.15) is 0 Å². The van der Waals surface area contributed by atoms with Gasteiger partial charge in [-0.15, -0.1) is 0 Å². The van der Waals surface area contributed by atoms with Crippen molar-refractivity contribution in [3.63, 3.8) is 0 Å². The van der Waals surface area contributed by atoms with E-state index >= 15 is 0 Å². The normalized spacial score (nSPS) is 11.6. The molecule has 0 fully saturated rings. The van der Waals surface area contributed by atoms with Crippen LogP contribution in [0.4, 0.5) is 6.32 Å². The van der Waals surface area contributed by atoms with E-state index in [1.165, 1.54) is 0 Å². The van der Waals surface area contributed by atoms with Crippen LogP contribution in [0.2, 0.25) is 0 Å². The SMILES string of the molecule is [O]=[W](=[O])([F])[F]. The molecule has 0 heterocycles. The molecule has 0 atom stereocenters. The predicted molar refractivity (Wildman–Crippen MR) is 3.59 cm³/mol. The Morgan fingerprint density at radius 2 is 1.20 bits per heavy atom. The number of halogens is 2. The van der Waals surface area contributed by atoms with Crippen molar-refractivity contribution in [2.24, 2.45) is 0 Å². The Kier molecular flexibility index (Phi) is 1.12. The second kappa shape index (κ2) is 1.09. The van der Waals surface area contributed by atoms with Crippen LogP contribution in [0.5, 0.6) is 0 Å². The third-order valence-corrected chi connectivity index (χ3v) is 0. The zero-order valence-corrected chi connectivity index (χ0v) is 4.91. The average Bonchev–Trinajstić information content (AvgIpc) is 0.722. The topological polar surface area (TPSA) is 34.1 Å². The molecule has 0 unspecified atom stereocenters. The molecule has 0 aliphatic heterocycles. The molecule has 0 aromatic carbocycles. The van der Waals surface area contributed by atoms with Crippen LogP contribution >= 0.6 is 0 Å². The van der Waals surface area contributed by atoms with Crippen LogP contribution in [-0.2, 0) is 23.8 Å². The van der Waals surface area contributed by atoms with Crippen molar-refractivity contribution >= 4 is 0 Å². The van der Waals surface area contributed by atoms with Crippen molar-refractivity contribution in [1.29, 1.82) is 0 Å². The monoisotopic (exact) mass is 254 g/mol. The van der Waals surface area contributed by atoms with Gasteiger partial charge in [0.05, 0.1) is 0 Å². The molecule has 0 N–H and O–H groups in total. The van der Waals surface area contributed by atoms with Gasteiger partial charge in [-0.05, 0) is 0 Å². The number of rotatable bonds is 0. The quantitative estimate of drug-likeness (QED) is 0.634. The number of hydrogen-bond acceptors (Lipinski definition) is 2. The first-order chi connectivity index (χ1) is 2.00. The average molecular weight is 254 g/mol. The fourth-order valence-electron chi connectivity index (χ4n) is 0. The molecule has 0 aromatic heterocycles. The first-order valence-corrected chi connectivity index (χ1v) is 5.25. The molecule has 0 rings (SSSR count). The summed E-state index contributed by atoms with van der Waals surface area (Å²) >= 11 is -6.67. The van der Waals surface area contributed by atoms with E-state index in [0.29, 0.717) is 0 Å². The predicted octanol–water partition coefficient (Wildman–Crippen LogP) is 0.600. The Balaban J connectivity index is 4.06. The van der Waals surface area contributed by atoms with Crippen molar-refractivity contribution in [3.8, 4) is 0 Å². The first kappa shape index (κ1) is 5.15. The van der Waals surface area contributed by atoms with E-state index in [4.69, 9.17) is 6.80 Å². The van der Waals surface area contributed by atoms with Crippen LogP contribution in [-0.4, -0.2) is 0 Å². The van der Waals surface area contributed by atoms with Crippen LogP contribution in [0.15, 0.2) is 0 Å². The van der Waals surface area contributed by atoms with Gasteiger partial charge in [-0.25, -0.2) is 0 Å². The summed E-state index contributed by atoms with van der Waals surface area (Å²) in [6.07, 6.45) is 0. The maximum absolute atomic E-state index is 10.1. The molecule has 32 valence electrons. The Morgan fingerprint density at radius 3 is 1.20 bits per heavy atom. The van der Waals surface area contributed by atoms with Gasteiger partial charge in [0.25, 0.3) is 0 Å². The molecule has 0 amide bonds. The summed E-state index contributed by atoms with van der Waals surface area (Å²) in [5.74, 6) is 0. The molecule has 0 spiro atoms. The zero-order valence-electron chi connectivity index (χ0n) is 1.98. The Labute approximate surface area is 30.9 Å². The van der Waals surface area contributed by atoms with Crippen LogP contribution in [0.1, 0.15) is 0 Å². The molecule has 0 aromatic rings. The first-order valence-electron chi connectivity index (χ1n) is 0.642. The summed E-state index contributed by atoms with van der Waals surface area (Å²) in [7, 11) is 0. The molecule has 0 saturated heterocycles. The van der Waals surface area contributed by atoms with Crippen LogP contribution in [0.3, 0.4) is 0 Å². The molecule has 2 nitrogen and oxygen atoms in total. The van der Waals surface area contributed by atoms with E-state index in [1.807, 2.05) is 0 Å². The molecule has 0 saturated carbocycles. The molecule has 0 radical (unpaired) electrons. The molecule has 0 bridgehead atoms. The van der Waals surface area contributed by atoms with Gasteiger partial charge in [0.15, 0.2) is 0 Å². The fraction of sp³-hybridized carbons (Fsp3) is 0. The van der Waals surface area contributed by atoms with Crippen molar-refractivity contribution in [3.05, 3.63) is 0 Å². The fourth-order valence-corrected chi connectivity index (χ4v) is 0.